The van der Waals surface area contributed by atoms with Crippen LogP contribution < -0.4 is 0 Å². The number of hydrogen-bond donors (Lipinski definition) is 1. The van der Waals surface area contributed by atoms with Gasteiger partial charge in [0.1, 0.15) is 6.61 Å². The van der Waals surface area contributed by atoms with Gasteiger partial charge in [-0.15, -0.1) is 0 Å². The zero-order valence-corrected chi connectivity index (χ0v) is 39.6. The molecular weight excluding hydrogens is 763 g/mol. The molecule has 0 aliphatic heterocycles. The standard InChI is InChI=1S/C53H89NO7/c1-6-8-10-12-14-16-18-20-22-23-24-25-26-27-28-30-31-33-35-37-39-41-43-51(55)60-48-49(47-59-46-45-50(53(57)58)54(3,4)5)61-52(56)44-42-40-38-36-34-32-29-21-19-17-15-13-11-9-7-2/h8-11,13-17,19-20,22,24-25,49-50H,6-7,12,18,21,23,26-48H2,1-5H3/p+1/b10-8+,11-9+,15-13+,16-14+,19-17+,22-20+,25-24+. The molecule has 1 N–H and O–H groups in total. The van der Waals surface area contributed by atoms with Crippen LogP contribution in [0.5, 0.6) is 0 Å². The molecule has 0 spiro atoms. The molecule has 0 fully saturated rings. The molecule has 2 unspecified atom stereocenters. The molecule has 0 radical (unpaired) electrons. The van der Waals surface area contributed by atoms with Gasteiger partial charge in [0.2, 0.25) is 0 Å². The average molecular weight is 853 g/mol. The third kappa shape index (κ3) is 41.6. The highest BCUT2D eigenvalue weighted by Crippen LogP contribution is 2.14. The zero-order chi connectivity index (χ0) is 44.9. The van der Waals surface area contributed by atoms with Gasteiger partial charge in [-0.3, -0.25) is 9.59 Å². The summed E-state index contributed by atoms with van der Waals surface area (Å²) in [5.41, 5.74) is 0. The summed E-state index contributed by atoms with van der Waals surface area (Å²) in [4.78, 5) is 37.1. The Labute approximate surface area is 373 Å². The number of nitrogens with zero attached hydrogens (tertiary/aromatic N) is 1. The van der Waals surface area contributed by atoms with Crippen molar-refractivity contribution >= 4 is 17.9 Å². The van der Waals surface area contributed by atoms with Gasteiger partial charge in [0.25, 0.3) is 0 Å². The first kappa shape index (κ1) is 57.5. The van der Waals surface area contributed by atoms with Gasteiger partial charge in [-0.2, -0.15) is 0 Å². The predicted molar refractivity (Wildman–Crippen MR) is 256 cm³/mol. The van der Waals surface area contributed by atoms with E-state index in [1.54, 1.807) is 0 Å². The van der Waals surface area contributed by atoms with Gasteiger partial charge in [-0.05, 0) is 70.6 Å². The van der Waals surface area contributed by atoms with E-state index >= 15 is 0 Å². The summed E-state index contributed by atoms with van der Waals surface area (Å²) in [5, 5.41) is 9.64. The minimum Gasteiger partial charge on any atom is -0.477 e. The number of aliphatic carboxylic acids is 1. The van der Waals surface area contributed by atoms with Gasteiger partial charge >= 0.3 is 17.9 Å². The molecule has 0 rings (SSSR count). The highest BCUT2D eigenvalue weighted by molar-refractivity contribution is 5.72. The van der Waals surface area contributed by atoms with Crippen molar-refractivity contribution in [2.75, 3.05) is 41.0 Å². The molecule has 0 heterocycles. The van der Waals surface area contributed by atoms with Gasteiger partial charge in [-0.1, -0.05) is 176 Å². The predicted octanol–water partition coefficient (Wildman–Crippen LogP) is 13.7. The van der Waals surface area contributed by atoms with Gasteiger partial charge in [0.15, 0.2) is 12.1 Å². The van der Waals surface area contributed by atoms with E-state index < -0.39 is 18.1 Å². The highest BCUT2D eigenvalue weighted by atomic mass is 16.6. The van der Waals surface area contributed by atoms with E-state index in [0.717, 1.165) is 89.9 Å². The normalized spacial score (nSPS) is 13.7. The van der Waals surface area contributed by atoms with E-state index in [1.807, 2.05) is 21.1 Å². The number of carbonyl (C=O) groups is 3. The molecule has 0 aromatic rings. The molecule has 0 amide bonds. The largest absolute Gasteiger partial charge is 0.477 e. The molecule has 0 aromatic heterocycles. The molecule has 0 aromatic carbocycles. The lowest BCUT2D eigenvalue weighted by Crippen LogP contribution is -2.50. The number of unbranched alkanes of at least 4 members (excludes halogenated alkanes) is 16. The summed E-state index contributed by atoms with van der Waals surface area (Å²) < 4.78 is 17.3. The Hall–Kier alpha value is -3.49. The fraction of sp³-hybridized carbons (Fsp3) is 0.679. The Morgan fingerprint density at radius 1 is 0.508 bits per heavy atom. The molecule has 0 aliphatic rings. The maximum Gasteiger partial charge on any atom is 0.362 e. The van der Waals surface area contributed by atoms with Crippen molar-refractivity contribution in [3.63, 3.8) is 0 Å². The van der Waals surface area contributed by atoms with Crippen molar-refractivity contribution in [3.05, 3.63) is 85.1 Å². The van der Waals surface area contributed by atoms with E-state index in [-0.39, 0.29) is 36.2 Å². The zero-order valence-electron chi connectivity index (χ0n) is 39.6. The molecule has 8 heteroatoms. The molecule has 348 valence electrons. The van der Waals surface area contributed by atoms with Gasteiger partial charge in [0, 0.05) is 19.3 Å². The minimum atomic E-state index is -0.881. The highest BCUT2D eigenvalue weighted by Gasteiger charge is 2.31. The number of ether oxygens (including phenoxy) is 3. The number of carboxylic acids is 1. The van der Waals surface area contributed by atoms with Crippen molar-refractivity contribution < 1.29 is 38.2 Å². The summed E-state index contributed by atoms with van der Waals surface area (Å²) in [5.74, 6) is -1.50. The molecule has 8 nitrogen and oxygen atoms in total. The van der Waals surface area contributed by atoms with Crippen molar-refractivity contribution in [1.29, 1.82) is 0 Å². The van der Waals surface area contributed by atoms with Gasteiger partial charge in [-0.25, -0.2) is 4.79 Å². The van der Waals surface area contributed by atoms with Crippen LogP contribution in [0.15, 0.2) is 85.1 Å². The first-order valence-corrected chi connectivity index (χ1v) is 24.2. The number of likely N-dealkylation sites (N-methyl/N-ethyl adjacent to an activating group) is 1. The van der Waals surface area contributed by atoms with E-state index in [1.165, 1.54) is 57.8 Å². The van der Waals surface area contributed by atoms with Crippen LogP contribution in [0.2, 0.25) is 0 Å². The van der Waals surface area contributed by atoms with Crippen LogP contribution in [0.25, 0.3) is 0 Å². The summed E-state index contributed by atoms with van der Waals surface area (Å²) in [6.07, 6.45) is 56.3. The van der Waals surface area contributed by atoms with Gasteiger partial charge in [0.05, 0.1) is 34.4 Å². The first-order chi connectivity index (χ1) is 29.6. The van der Waals surface area contributed by atoms with Crippen LogP contribution in [0.3, 0.4) is 0 Å². The second kappa shape index (κ2) is 43.2. The molecule has 2 atom stereocenters. The third-order valence-electron chi connectivity index (χ3n) is 10.4. The minimum absolute atomic E-state index is 0.0499. The average Bonchev–Trinajstić information content (AvgIpc) is 3.22. The van der Waals surface area contributed by atoms with Crippen molar-refractivity contribution in [2.45, 2.75) is 193 Å². The smallest absolute Gasteiger partial charge is 0.362 e. The number of esters is 2. The van der Waals surface area contributed by atoms with Crippen LogP contribution >= 0.6 is 0 Å². The van der Waals surface area contributed by atoms with Gasteiger partial charge < -0.3 is 23.8 Å². The molecule has 0 saturated carbocycles. The summed E-state index contributed by atoms with van der Waals surface area (Å²) >= 11 is 0. The fourth-order valence-corrected chi connectivity index (χ4v) is 6.67. The van der Waals surface area contributed by atoms with Crippen LogP contribution in [0.4, 0.5) is 0 Å². The summed E-state index contributed by atoms with van der Waals surface area (Å²) in [7, 11) is 5.52. The molecular formula is C53H90NO7+. The van der Waals surface area contributed by atoms with Crippen molar-refractivity contribution in [2.24, 2.45) is 0 Å². The first-order valence-electron chi connectivity index (χ1n) is 24.2. The maximum absolute atomic E-state index is 12.8. The van der Waals surface area contributed by atoms with Crippen LogP contribution in [0, 0.1) is 0 Å². The lowest BCUT2D eigenvalue weighted by Gasteiger charge is -2.31. The number of carboxylic acid groups (broad SMARTS) is 1. The number of rotatable bonds is 42. The van der Waals surface area contributed by atoms with Crippen molar-refractivity contribution in [1.82, 2.24) is 0 Å². The van der Waals surface area contributed by atoms with E-state index in [2.05, 4.69) is 98.9 Å². The number of carbonyl (C=O) groups excluding carboxylic acids is 2. The Morgan fingerprint density at radius 2 is 0.951 bits per heavy atom. The molecule has 0 saturated heterocycles. The number of allylic oxidation sites excluding steroid dienone is 14. The number of hydrogen-bond acceptors (Lipinski definition) is 6. The lowest BCUT2D eigenvalue weighted by molar-refractivity contribution is -0.887. The Balaban J connectivity index is 4.28. The fourth-order valence-electron chi connectivity index (χ4n) is 6.67. The molecule has 0 bridgehead atoms. The topological polar surface area (TPSA) is 99.1 Å². The Kier molecular flexibility index (Phi) is 40.7. The number of quaternary nitrogens is 1. The van der Waals surface area contributed by atoms with Crippen molar-refractivity contribution in [3.8, 4) is 0 Å². The van der Waals surface area contributed by atoms with Crippen LogP contribution in [-0.4, -0.2) is 80.6 Å². The summed E-state index contributed by atoms with van der Waals surface area (Å²) in [6, 6.07) is -0.622. The second-order valence-electron chi connectivity index (χ2n) is 17.0. The maximum atomic E-state index is 12.8. The SMILES string of the molecule is CC/C=C/C=C/C=C/CCCCCCCCCC(=O)OC(COCCC(C(=O)O)[N+](C)(C)C)COC(=O)CCCCCCCCCCC/C=C/C/C=C/C/C=C/C/C=C/CC. The molecule has 0 aliphatic carbocycles. The van der Waals surface area contributed by atoms with Crippen LogP contribution in [-0.2, 0) is 28.6 Å². The Bertz CT molecular complexity index is 1270. The van der Waals surface area contributed by atoms with Crippen LogP contribution in [0.1, 0.15) is 181 Å². The summed E-state index contributed by atoms with van der Waals surface area (Å²) in [6.45, 7) is 4.47. The van der Waals surface area contributed by atoms with E-state index in [0.29, 0.717) is 19.3 Å². The Morgan fingerprint density at radius 3 is 1.46 bits per heavy atom. The second-order valence-corrected chi connectivity index (χ2v) is 17.0. The third-order valence-corrected chi connectivity index (χ3v) is 10.4. The monoisotopic (exact) mass is 853 g/mol. The lowest BCUT2D eigenvalue weighted by atomic mass is 10.1. The van der Waals surface area contributed by atoms with E-state index in [4.69, 9.17) is 14.2 Å². The quantitative estimate of drug-likeness (QED) is 0.0215. The van der Waals surface area contributed by atoms with E-state index in [9.17, 15) is 19.5 Å². The molecule has 61 heavy (non-hydrogen) atoms.